The third-order valence-corrected chi connectivity index (χ3v) is 6.48. The van der Waals surface area contributed by atoms with Gasteiger partial charge in [-0.15, -0.1) is 0 Å². The molecule has 1 saturated heterocycles. The molecule has 0 spiro atoms. The maximum Gasteiger partial charge on any atom is 0.273 e. The Balaban J connectivity index is 1.71. The number of benzene rings is 2. The van der Waals surface area contributed by atoms with Gasteiger partial charge in [-0.1, -0.05) is 43.3 Å². The van der Waals surface area contributed by atoms with Crippen molar-refractivity contribution in [1.82, 2.24) is 19.6 Å². The molecule has 4 rings (SSSR count). The number of carbonyl (C=O) groups is 2. The molecular formula is C26H29FN4O2. The van der Waals surface area contributed by atoms with E-state index in [2.05, 4.69) is 5.10 Å². The first-order valence-corrected chi connectivity index (χ1v) is 11.2. The Kier molecular flexibility index (Phi) is 6.31. The molecule has 7 heteroatoms. The lowest BCUT2D eigenvalue weighted by atomic mass is 9.93. The zero-order valence-corrected chi connectivity index (χ0v) is 19.5. The van der Waals surface area contributed by atoms with Gasteiger partial charge in [0, 0.05) is 39.2 Å². The minimum Gasteiger partial charge on any atom is -0.342 e. The summed E-state index contributed by atoms with van der Waals surface area (Å²) in [5.74, 6) is -0.554. The summed E-state index contributed by atoms with van der Waals surface area (Å²) < 4.78 is 15.1. The summed E-state index contributed by atoms with van der Waals surface area (Å²) in [4.78, 5) is 30.3. The molecule has 6 nitrogen and oxygen atoms in total. The lowest BCUT2D eigenvalue weighted by Gasteiger charge is -2.39. The van der Waals surface area contributed by atoms with Crippen molar-refractivity contribution in [2.75, 3.05) is 20.1 Å². The monoisotopic (exact) mass is 448 g/mol. The molecule has 0 unspecified atom stereocenters. The van der Waals surface area contributed by atoms with Crippen molar-refractivity contribution >= 4 is 11.8 Å². The summed E-state index contributed by atoms with van der Waals surface area (Å²) in [6, 6.07) is 13.5. The van der Waals surface area contributed by atoms with Gasteiger partial charge in [-0.3, -0.25) is 14.3 Å². The molecule has 1 aliphatic rings. The smallest absolute Gasteiger partial charge is 0.273 e. The predicted octanol–water partition coefficient (Wildman–Crippen LogP) is 3.62. The Bertz CT molecular complexity index is 1190. The third-order valence-electron chi connectivity index (χ3n) is 6.48. The Morgan fingerprint density at radius 3 is 2.45 bits per heavy atom. The Morgan fingerprint density at radius 2 is 1.79 bits per heavy atom. The summed E-state index contributed by atoms with van der Waals surface area (Å²) in [5.41, 5.74) is 5.02. The molecule has 2 heterocycles. The largest absolute Gasteiger partial charge is 0.342 e. The molecule has 0 radical (unpaired) electrons. The van der Waals surface area contributed by atoms with Crippen LogP contribution in [0.4, 0.5) is 4.39 Å². The zero-order valence-electron chi connectivity index (χ0n) is 19.5. The van der Waals surface area contributed by atoms with E-state index in [1.54, 1.807) is 40.7 Å². The molecule has 1 aliphatic heterocycles. The van der Waals surface area contributed by atoms with Crippen LogP contribution in [0.3, 0.4) is 0 Å². The van der Waals surface area contributed by atoms with E-state index in [-0.39, 0.29) is 17.6 Å². The molecule has 33 heavy (non-hydrogen) atoms. The van der Waals surface area contributed by atoms with E-state index >= 15 is 0 Å². The van der Waals surface area contributed by atoms with Gasteiger partial charge in [-0.25, -0.2) is 4.39 Å². The Labute approximate surface area is 193 Å². The molecule has 1 fully saturated rings. The van der Waals surface area contributed by atoms with Gasteiger partial charge < -0.3 is 9.80 Å². The molecule has 0 N–H and O–H groups in total. The fourth-order valence-electron chi connectivity index (χ4n) is 4.63. The van der Waals surface area contributed by atoms with Crippen LogP contribution in [-0.4, -0.2) is 57.6 Å². The second-order valence-corrected chi connectivity index (χ2v) is 8.54. The minimum atomic E-state index is -0.628. The Morgan fingerprint density at radius 1 is 1.09 bits per heavy atom. The summed E-state index contributed by atoms with van der Waals surface area (Å²) >= 11 is 0. The molecule has 1 aromatic heterocycles. The number of hydrogen-bond donors (Lipinski definition) is 0. The number of amides is 2. The highest BCUT2D eigenvalue weighted by Crippen LogP contribution is 2.28. The third kappa shape index (κ3) is 4.27. The van der Waals surface area contributed by atoms with Crippen LogP contribution in [0.2, 0.25) is 0 Å². The van der Waals surface area contributed by atoms with E-state index in [1.165, 1.54) is 12.1 Å². The SMILES string of the molecule is CCc1nn(C)c(C(=O)N2CCN(C)C(=O)[C@H]2Cc2ccccc2-c2ccc(F)cc2)c1C. The maximum absolute atomic E-state index is 13.7. The quantitative estimate of drug-likeness (QED) is 0.599. The molecule has 2 aromatic carbocycles. The van der Waals surface area contributed by atoms with Crippen LogP contribution in [0, 0.1) is 12.7 Å². The maximum atomic E-state index is 13.7. The summed E-state index contributed by atoms with van der Waals surface area (Å²) in [5, 5.41) is 4.49. The second-order valence-electron chi connectivity index (χ2n) is 8.54. The van der Waals surface area contributed by atoms with Crippen molar-refractivity contribution in [1.29, 1.82) is 0 Å². The summed E-state index contributed by atoms with van der Waals surface area (Å²) in [6.45, 7) is 4.86. The number of piperazine rings is 1. The lowest BCUT2D eigenvalue weighted by Crippen LogP contribution is -2.58. The second kappa shape index (κ2) is 9.17. The average molecular weight is 449 g/mol. The minimum absolute atomic E-state index is 0.0842. The molecule has 172 valence electrons. The van der Waals surface area contributed by atoms with E-state index in [4.69, 9.17) is 0 Å². The first kappa shape index (κ1) is 22.7. The van der Waals surface area contributed by atoms with Gasteiger partial charge >= 0.3 is 0 Å². The molecule has 3 aromatic rings. The number of rotatable bonds is 5. The first-order chi connectivity index (χ1) is 15.8. The zero-order chi connectivity index (χ0) is 23.7. The highest BCUT2D eigenvalue weighted by atomic mass is 19.1. The average Bonchev–Trinajstić information content (AvgIpc) is 3.10. The van der Waals surface area contributed by atoms with Gasteiger partial charge in [0.15, 0.2) is 0 Å². The lowest BCUT2D eigenvalue weighted by molar-refractivity contribution is -0.138. The van der Waals surface area contributed by atoms with Gasteiger partial charge in [0.2, 0.25) is 5.91 Å². The van der Waals surface area contributed by atoms with Crippen molar-refractivity contribution in [3.63, 3.8) is 0 Å². The van der Waals surface area contributed by atoms with Crippen LogP contribution in [-0.2, 0) is 24.7 Å². The van der Waals surface area contributed by atoms with Crippen LogP contribution in [0.5, 0.6) is 0 Å². The molecular weight excluding hydrogens is 419 g/mol. The van der Waals surface area contributed by atoms with Crippen molar-refractivity contribution in [2.45, 2.75) is 32.7 Å². The molecule has 0 bridgehead atoms. The molecule has 1 atom stereocenters. The summed E-state index contributed by atoms with van der Waals surface area (Å²) in [6.07, 6.45) is 1.11. The van der Waals surface area contributed by atoms with Crippen LogP contribution in [0.25, 0.3) is 11.1 Å². The van der Waals surface area contributed by atoms with Crippen LogP contribution >= 0.6 is 0 Å². The van der Waals surface area contributed by atoms with Gasteiger partial charge in [-0.2, -0.15) is 5.10 Å². The highest BCUT2D eigenvalue weighted by Gasteiger charge is 2.38. The van der Waals surface area contributed by atoms with Crippen molar-refractivity contribution in [3.8, 4) is 11.1 Å². The number of likely N-dealkylation sites (N-methyl/N-ethyl adjacent to an activating group) is 1. The van der Waals surface area contributed by atoms with Gasteiger partial charge in [0.05, 0.1) is 5.69 Å². The van der Waals surface area contributed by atoms with Crippen LogP contribution in [0.1, 0.15) is 34.2 Å². The van der Waals surface area contributed by atoms with Crippen molar-refractivity contribution in [2.24, 2.45) is 7.05 Å². The summed E-state index contributed by atoms with van der Waals surface area (Å²) in [7, 11) is 3.55. The fraction of sp³-hybridized carbons (Fsp3) is 0.346. The number of nitrogens with zero attached hydrogens (tertiary/aromatic N) is 4. The number of carbonyl (C=O) groups excluding carboxylic acids is 2. The predicted molar refractivity (Wildman–Crippen MR) is 125 cm³/mol. The first-order valence-electron chi connectivity index (χ1n) is 11.2. The van der Waals surface area contributed by atoms with E-state index < -0.39 is 6.04 Å². The molecule has 0 aliphatic carbocycles. The standard InChI is InChI=1S/C26H29FN4O2/c1-5-22-17(2)24(30(4)28-22)26(33)31-15-14-29(3)25(32)23(31)16-19-8-6-7-9-21(19)18-10-12-20(27)13-11-18/h6-13,23H,5,14-16H2,1-4H3/t23-/m1/s1. The van der Waals surface area contributed by atoms with Gasteiger partial charge in [0.1, 0.15) is 17.6 Å². The van der Waals surface area contributed by atoms with Crippen molar-refractivity contribution in [3.05, 3.63) is 76.9 Å². The number of aromatic nitrogens is 2. The highest BCUT2D eigenvalue weighted by molar-refractivity contribution is 5.98. The number of aryl methyl sites for hydroxylation is 2. The molecule has 0 saturated carbocycles. The molecule has 2 amide bonds. The van der Waals surface area contributed by atoms with Crippen LogP contribution < -0.4 is 0 Å². The van der Waals surface area contributed by atoms with Crippen molar-refractivity contribution < 1.29 is 14.0 Å². The fourth-order valence-corrected chi connectivity index (χ4v) is 4.63. The van der Waals surface area contributed by atoms with E-state index in [1.807, 2.05) is 38.1 Å². The topological polar surface area (TPSA) is 58.4 Å². The number of halogens is 1. The van der Waals surface area contributed by atoms with E-state index in [0.717, 1.165) is 34.4 Å². The number of hydrogen-bond acceptors (Lipinski definition) is 3. The van der Waals surface area contributed by atoms with E-state index in [0.29, 0.717) is 25.2 Å². The van der Waals surface area contributed by atoms with Crippen LogP contribution in [0.15, 0.2) is 48.5 Å². The van der Waals surface area contributed by atoms with Gasteiger partial charge in [0.25, 0.3) is 5.91 Å². The Hall–Kier alpha value is -3.48. The van der Waals surface area contributed by atoms with E-state index in [9.17, 15) is 14.0 Å². The normalized spacial score (nSPS) is 16.4. The van der Waals surface area contributed by atoms with Gasteiger partial charge in [-0.05, 0) is 42.2 Å².